The predicted octanol–water partition coefficient (Wildman–Crippen LogP) is 0.752. The summed E-state index contributed by atoms with van der Waals surface area (Å²) in [6, 6.07) is 3.21. The van der Waals surface area contributed by atoms with Gasteiger partial charge >= 0.3 is 0 Å². The smallest absolute Gasteiger partial charge is 0.129 e. The third kappa shape index (κ3) is 1.06. The van der Waals surface area contributed by atoms with Gasteiger partial charge in [-0.15, -0.1) is 0 Å². The van der Waals surface area contributed by atoms with Crippen LogP contribution in [0.25, 0.3) is 11.0 Å². The van der Waals surface area contributed by atoms with Crippen LogP contribution in [0.1, 0.15) is 0 Å². The van der Waals surface area contributed by atoms with Crippen LogP contribution in [0.5, 0.6) is 5.88 Å². The van der Waals surface area contributed by atoms with Gasteiger partial charge < -0.3 is 5.11 Å². The van der Waals surface area contributed by atoms with Crippen LogP contribution in [0.3, 0.4) is 0 Å². The van der Waals surface area contributed by atoms with Crippen molar-refractivity contribution >= 4 is 22.6 Å². The summed E-state index contributed by atoms with van der Waals surface area (Å²) in [5.74, 6) is -0.400. The minimum Gasteiger partial charge on any atom is -0.857 e. The zero-order valence-corrected chi connectivity index (χ0v) is 6.62. The summed E-state index contributed by atoms with van der Waals surface area (Å²) in [5, 5.41) is 11.3. The third-order valence-electron chi connectivity index (χ3n) is 1.41. The molecule has 0 atom stereocenters. The summed E-state index contributed by atoms with van der Waals surface area (Å²) >= 11 is 5.59. The van der Waals surface area contributed by atoms with Crippen LogP contribution in [0.15, 0.2) is 18.5 Å². The lowest BCUT2D eigenvalue weighted by Gasteiger charge is -2.05. The molecule has 0 amide bonds. The van der Waals surface area contributed by atoms with Crippen LogP contribution in [0.4, 0.5) is 0 Å². The minimum absolute atomic E-state index is 0.213. The number of nitrogens with zero attached hydrogens (tertiary/aromatic N) is 3. The van der Waals surface area contributed by atoms with E-state index in [1.165, 1.54) is 6.33 Å². The van der Waals surface area contributed by atoms with Gasteiger partial charge in [0.2, 0.25) is 0 Å². The van der Waals surface area contributed by atoms with Crippen molar-refractivity contribution in [3.63, 3.8) is 0 Å². The fraction of sp³-hybridized carbons (Fsp3) is 0. The lowest BCUT2D eigenvalue weighted by atomic mass is 10.4. The molecule has 0 bridgehead atoms. The van der Waals surface area contributed by atoms with Gasteiger partial charge in [-0.25, -0.2) is 9.97 Å². The summed E-state index contributed by atoms with van der Waals surface area (Å²) in [6.45, 7) is 0. The van der Waals surface area contributed by atoms with Gasteiger partial charge in [-0.3, -0.25) is 4.98 Å². The van der Waals surface area contributed by atoms with Gasteiger partial charge in [-0.05, 0) is 12.1 Å². The number of rotatable bonds is 0. The lowest BCUT2D eigenvalue weighted by molar-refractivity contribution is -0.272. The highest BCUT2D eigenvalue weighted by Gasteiger charge is 1.97. The van der Waals surface area contributed by atoms with E-state index in [1.54, 1.807) is 12.1 Å². The maximum atomic E-state index is 11.1. The topological polar surface area (TPSA) is 61.7 Å². The van der Waals surface area contributed by atoms with Gasteiger partial charge in [-0.1, -0.05) is 11.6 Å². The van der Waals surface area contributed by atoms with Crippen molar-refractivity contribution < 1.29 is 5.11 Å². The highest BCUT2D eigenvalue weighted by atomic mass is 35.5. The van der Waals surface area contributed by atoms with Gasteiger partial charge in [0, 0.05) is 5.88 Å². The van der Waals surface area contributed by atoms with Gasteiger partial charge in [0.15, 0.2) is 0 Å². The Labute approximate surface area is 72.9 Å². The molecule has 0 saturated carbocycles. The van der Waals surface area contributed by atoms with E-state index in [2.05, 4.69) is 15.0 Å². The standard InChI is InChI=1S/C7H4ClN3O/c8-5-2-1-4-6(11-5)7(12)10-3-9-4/h1-3H,(H,9,10,12)/p-1. The van der Waals surface area contributed by atoms with Crippen LogP contribution in [-0.4, -0.2) is 15.0 Å². The van der Waals surface area contributed by atoms with Crippen molar-refractivity contribution in [1.29, 1.82) is 0 Å². The molecular weight excluding hydrogens is 178 g/mol. The molecule has 5 heteroatoms. The van der Waals surface area contributed by atoms with Crippen molar-refractivity contribution in [2.75, 3.05) is 0 Å². The molecule has 2 heterocycles. The Kier molecular flexibility index (Phi) is 1.55. The first-order chi connectivity index (χ1) is 5.77. The summed E-state index contributed by atoms with van der Waals surface area (Å²) in [5.41, 5.74) is 0.726. The number of fused-ring (bicyclic) bond motifs is 1. The van der Waals surface area contributed by atoms with E-state index in [-0.39, 0.29) is 10.7 Å². The van der Waals surface area contributed by atoms with Crippen molar-refractivity contribution in [3.8, 4) is 5.88 Å². The highest BCUT2D eigenvalue weighted by molar-refractivity contribution is 6.29. The molecule has 0 unspecified atom stereocenters. The average molecular weight is 181 g/mol. The molecule has 0 saturated heterocycles. The Morgan fingerprint density at radius 2 is 2.08 bits per heavy atom. The molecule has 4 nitrogen and oxygen atoms in total. The fourth-order valence-electron chi connectivity index (χ4n) is 0.894. The molecule has 0 N–H and O–H groups in total. The second kappa shape index (κ2) is 2.57. The third-order valence-corrected chi connectivity index (χ3v) is 1.62. The van der Waals surface area contributed by atoms with E-state index in [9.17, 15) is 5.11 Å². The zero-order chi connectivity index (χ0) is 8.55. The number of halogens is 1. The monoisotopic (exact) mass is 180 g/mol. The normalized spacial score (nSPS) is 10.4. The largest absolute Gasteiger partial charge is 0.857 e. The summed E-state index contributed by atoms with van der Waals surface area (Å²) in [7, 11) is 0. The van der Waals surface area contributed by atoms with Crippen molar-refractivity contribution in [3.05, 3.63) is 23.6 Å². The molecular formula is C7H3ClN3O-. The number of aromatic nitrogens is 3. The van der Waals surface area contributed by atoms with Gasteiger partial charge in [0.25, 0.3) is 0 Å². The van der Waals surface area contributed by atoms with Crippen molar-refractivity contribution in [2.24, 2.45) is 0 Å². The maximum absolute atomic E-state index is 11.1. The second-order valence-electron chi connectivity index (χ2n) is 2.18. The first-order valence-corrected chi connectivity index (χ1v) is 3.59. The van der Waals surface area contributed by atoms with Crippen LogP contribution in [0, 0.1) is 0 Å². The van der Waals surface area contributed by atoms with E-state index in [0.717, 1.165) is 0 Å². The molecule has 0 radical (unpaired) electrons. The van der Waals surface area contributed by atoms with E-state index in [1.807, 2.05) is 0 Å². The van der Waals surface area contributed by atoms with Gasteiger partial charge in [0.1, 0.15) is 17.0 Å². The number of pyridine rings is 1. The van der Waals surface area contributed by atoms with Gasteiger partial charge in [0.05, 0.1) is 5.52 Å². The van der Waals surface area contributed by atoms with E-state index >= 15 is 0 Å². The van der Waals surface area contributed by atoms with E-state index in [0.29, 0.717) is 5.52 Å². The molecule has 2 rings (SSSR count). The van der Waals surface area contributed by atoms with Crippen LogP contribution < -0.4 is 5.11 Å². The Morgan fingerprint density at radius 3 is 2.92 bits per heavy atom. The Morgan fingerprint density at radius 1 is 1.25 bits per heavy atom. The molecule has 0 aliphatic heterocycles. The molecule has 0 fully saturated rings. The Hall–Kier alpha value is -1.42. The number of hydrogen-bond acceptors (Lipinski definition) is 4. The first kappa shape index (κ1) is 7.24. The average Bonchev–Trinajstić information content (AvgIpc) is 2.07. The van der Waals surface area contributed by atoms with Crippen molar-refractivity contribution in [1.82, 2.24) is 15.0 Å². The molecule has 60 valence electrons. The van der Waals surface area contributed by atoms with Gasteiger partial charge in [-0.2, -0.15) is 0 Å². The number of hydrogen-bond donors (Lipinski definition) is 0. The second-order valence-corrected chi connectivity index (χ2v) is 2.57. The van der Waals surface area contributed by atoms with Crippen LogP contribution >= 0.6 is 11.6 Å². The molecule has 0 aliphatic carbocycles. The SMILES string of the molecule is [O-]c1ncnc2ccc(Cl)nc12. The molecule has 0 aromatic carbocycles. The Balaban J connectivity index is 2.88. The first-order valence-electron chi connectivity index (χ1n) is 3.21. The molecule has 12 heavy (non-hydrogen) atoms. The molecule has 2 aromatic heterocycles. The lowest BCUT2D eigenvalue weighted by Crippen LogP contribution is -1.97. The fourth-order valence-corrected chi connectivity index (χ4v) is 1.04. The van der Waals surface area contributed by atoms with Crippen LogP contribution in [0.2, 0.25) is 5.15 Å². The van der Waals surface area contributed by atoms with Crippen molar-refractivity contribution in [2.45, 2.75) is 0 Å². The zero-order valence-electron chi connectivity index (χ0n) is 5.86. The maximum Gasteiger partial charge on any atom is 0.129 e. The molecule has 2 aromatic rings. The summed E-state index contributed by atoms with van der Waals surface area (Å²) < 4.78 is 0. The molecule has 0 aliphatic rings. The molecule has 0 spiro atoms. The van der Waals surface area contributed by atoms with Crippen LogP contribution in [-0.2, 0) is 0 Å². The predicted molar refractivity (Wildman–Crippen MR) is 41.8 cm³/mol. The Bertz CT molecular complexity index is 432. The highest BCUT2D eigenvalue weighted by Crippen LogP contribution is 2.17. The van der Waals surface area contributed by atoms with E-state index < -0.39 is 5.88 Å². The minimum atomic E-state index is -0.400. The quantitative estimate of drug-likeness (QED) is 0.562. The summed E-state index contributed by atoms with van der Waals surface area (Å²) in [6.07, 6.45) is 1.21. The summed E-state index contributed by atoms with van der Waals surface area (Å²) in [4.78, 5) is 11.1. The van der Waals surface area contributed by atoms with E-state index in [4.69, 9.17) is 11.6 Å².